The smallest absolute Gasteiger partial charge is 0.242 e. The van der Waals surface area contributed by atoms with E-state index >= 15 is 0 Å². The van der Waals surface area contributed by atoms with Gasteiger partial charge >= 0.3 is 0 Å². The van der Waals surface area contributed by atoms with Gasteiger partial charge in [0.05, 0.1) is 18.1 Å². The second kappa shape index (κ2) is 6.55. The first-order valence-electron chi connectivity index (χ1n) is 7.26. The normalized spacial score (nSPS) is 12.3. The zero-order valence-electron chi connectivity index (χ0n) is 13.6. The monoisotopic (exact) mass is 302 g/mol. The first-order chi connectivity index (χ1) is 10.4. The van der Waals surface area contributed by atoms with Gasteiger partial charge in [-0.15, -0.1) is 0 Å². The molecule has 22 heavy (non-hydrogen) atoms. The Kier molecular flexibility index (Phi) is 4.75. The van der Waals surface area contributed by atoms with Gasteiger partial charge in [0, 0.05) is 12.7 Å². The van der Waals surface area contributed by atoms with E-state index in [2.05, 4.69) is 25.7 Å². The predicted octanol–water partition coefficient (Wildman–Crippen LogP) is 1.46. The fourth-order valence-electron chi connectivity index (χ4n) is 2.24. The maximum atomic E-state index is 11.9. The number of hydrogen-bond donors (Lipinski definition) is 2. The molecule has 7 nitrogen and oxygen atoms in total. The number of carbonyl (C=O) groups excluding carboxylic acids is 1. The topological polar surface area (TPSA) is 84.7 Å². The van der Waals surface area contributed by atoms with E-state index in [0.717, 1.165) is 11.4 Å². The van der Waals surface area contributed by atoms with Gasteiger partial charge in [-0.2, -0.15) is 5.10 Å². The molecule has 0 spiro atoms. The summed E-state index contributed by atoms with van der Waals surface area (Å²) in [6.07, 6.45) is 3.25. The standard InChI is InChI=1S/C15H22N6O/c1-9(2)14(15(22)16-5)19-12-7-17-8-13(18-12)21-11(4)6-10(3)20-21/h6-9,14H,1-5H3,(H,16,22)(H,18,19). The summed E-state index contributed by atoms with van der Waals surface area (Å²) in [6.45, 7) is 7.85. The zero-order valence-corrected chi connectivity index (χ0v) is 13.6. The third-order valence-corrected chi connectivity index (χ3v) is 3.35. The molecule has 0 aromatic carbocycles. The van der Waals surface area contributed by atoms with E-state index in [-0.39, 0.29) is 17.9 Å². The summed E-state index contributed by atoms with van der Waals surface area (Å²) >= 11 is 0. The number of amides is 1. The molecule has 0 radical (unpaired) electrons. The number of anilines is 1. The Morgan fingerprint density at radius 2 is 2.00 bits per heavy atom. The highest BCUT2D eigenvalue weighted by Crippen LogP contribution is 2.14. The van der Waals surface area contributed by atoms with Crippen molar-refractivity contribution in [3.8, 4) is 5.82 Å². The van der Waals surface area contributed by atoms with Crippen LogP contribution in [0, 0.1) is 19.8 Å². The number of hydrogen-bond acceptors (Lipinski definition) is 5. The maximum absolute atomic E-state index is 11.9. The molecule has 2 aromatic heterocycles. The van der Waals surface area contributed by atoms with E-state index in [1.165, 1.54) is 0 Å². The van der Waals surface area contributed by atoms with Crippen LogP contribution < -0.4 is 10.6 Å². The fraction of sp³-hybridized carbons (Fsp3) is 0.467. The molecule has 2 rings (SSSR count). The van der Waals surface area contributed by atoms with E-state index in [0.29, 0.717) is 11.6 Å². The molecule has 0 bridgehead atoms. The van der Waals surface area contributed by atoms with Crippen molar-refractivity contribution in [2.24, 2.45) is 5.92 Å². The molecule has 0 aliphatic carbocycles. The summed E-state index contributed by atoms with van der Waals surface area (Å²) in [5, 5.41) is 10.2. The van der Waals surface area contributed by atoms with E-state index < -0.39 is 0 Å². The van der Waals surface area contributed by atoms with Crippen LogP contribution in [0.4, 0.5) is 5.82 Å². The van der Waals surface area contributed by atoms with Gasteiger partial charge in [0.1, 0.15) is 11.9 Å². The van der Waals surface area contributed by atoms with Gasteiger partial charge in [-0.1, -0.05) is 13.8 Å². The number of aromatic nitrogens is 4. The summed E-state index contributed by atoms with van der Waals surface area (Å²) in [7, 11) is 1.62. The zero-order chi connectivity index (χ0) is 16.3. The highest BCUT2D eigenvalue weighted by atomic mass is 16.2. The molecular formula is C15H22N6O. The Labute approximate surface area is 130 Å². The molecule has 2 heterocycles. The Morgan fingerprint density at radius 3 is 2.55 bits per heavy atom. The van der Waals surface area contributed by atoms with Crippen molar-refractivity contribution in [2.45, 2.75) is 33.7 Å². The quantitative estimate of drug-likeness (QED) is 0.873. The van der Waals surface area contributed by atoms with Crippen molar-refractivity contribution in [1.29, 1.82) is 0 Å². The van der Waals surface area contributed by atoms with Gasteiger partial charge in [0.2, 0.25) is 5.91 Å². The first-order valence-corrected chi connectivity index (χ1v) is 7.26. The van der Waals surface area contributed by atoms with Crippen molar-refractivity contribution < 1.29 is 4.79 Å². The van der Waals surface area contributed by atoms with Crippen molar-refractivity contribution in [3.05, 3.63) is 29.8 Å². The van der Waals surface area contributed by atoms with Crippen LogP contribution in [0.2, 0.25) is 0 Å². The summed E-state index contributed by atoms with van der Waals surface area (Å²) in [5.41, 5.74) is 1.90. The minimum atomic E-state index is -0.366. The van der Waals surface area contributed by atoms with Crippen LogP contribution in [0.15, 0.2) is 18.5 Å². The fourth-order valence-corrected chi connectivity index (χ4v) is 2.24. The molecule has 7 heteroatoms. The third-order valence-electron chi connectivity index (χ3n) is 3.35. The summed E-state index contributed by atoms with van der Waals surface area (Å²) in [6, 6.07) is 1.61. The van der Waals surface area contributed by atoms with Crippen molar-refractivity contribution in [2.75, 3.05) is 12.4 Å². The van der Waals surface area contributed by atoms with Crippen LogP contribution in [-0.4, -0.2) is 38.7 Å². The summed E-state index contributed by atoms with van der Waals surface area (Å²) in [4.78, 5) is 20.6. The molecular weight excluding hydrogens is 280 g/mol. The van der Waals surface area contributed by atoms with E-state index in [1.54, 1.807) is 24.1 Å². The Hall–Kier alpha value is -2.44. The lowest BCUT2D eigenvalue weighted by Gasteiger charge is -2.21. The second-order valence-electron chi connectivity index (χ2n) is 5.58. The third kappa shape index (κ3) is 3.41. The number of aryl methyl sites for hydroxylation is 2. The minimum Gasteiger partial charge on any atom is -0.357 e. The summed E-state index contributed by atoms with van der Waals surface area (Å²) < 4.78 is 1.73. The average molecular weight is 302 g/mol. The highest BCUT2D eigenvalue weighted by molar-refractivity contribution is 5.84. The molecule has 1 unspecified atom stereocenters. The first kappa shape index (κ1) is 15.9. The van der Waals surface area contributed by atoms with E-state index in [1.807, 2.05) is 33.8 Å². The van der Waals surface area contributed by atoms with Crippen LogP contribution in [0.1, 0.15) is 25.2 Å². The Morgan fingerprint density at radius 1 is 1.27 bits per heavy atom. The molecule has 0 saturated heterocycles. The summed E-state index contributed by atoms with van der Waals surface area (Å²) in [5.74, 6) is 1.22. The number of nitrogens with one attached hydrogen (secondary N) is 2. The van der Waals surface area contributed by atoms with Crippen molar-refractivity contribution in [1.82, 2.24) is 25.1 Å². The van der Waals surface area contributed by atoms with E-state index in [4.69, 9.17) is 0 Å². The van der Waals surface area contributed by atoms with Gasteiger partial charge in [-0.25, -0.2) is 9.67 Å². The van der Waals surface area contributed by atoms with Crippen LogP contribution >= 0.6 is 0 Å². The van der Waals surface area contributed by atoms with Gasteiger partial charge < -0.3 is 10.6 Å². The average Bonchev–Trinajstić information content (AvgIpc) is 2.82. The van der Waals surface area contributed by atoms with Crippen LogP contribution in [0.3, 0.4) is 0 Å². The highest BCUT2D eigenvalue weighted by Gasteiger charge is 2.21. The number of nitrogens with zero attached hydrogens (tertiary/aromatic N) is 4. The number of likely N-dealkylation sites (N-methyl/N-ethyl adjacent to an activating group) is 1. The largest absolute Gasteiger partial charge is 0.357 e. The van der Waals surface area contributed by atoms with E-state index in [9.17, 15) is 4.79 Å². The van der Waals surface area contributed by atoms with Gasteiger partial charge in [0.25, 0.3) is 0 Å². The molecule has 1 atom stereocenters. The molecule has 2 aromatic rings. The van der Waals surface area contributed by atoms with Crippen LogP contribution in [0.25, 0.3) is 5.82 Å². The maximum Gasteiger partial charge on any atom is 0.242 e. The molecule has 0 saturated carbocycles. The Balaban J connectivity index is 2.28. The Bertz CT molecular complexity index is 664. The van der Waals surface area contributed by atoms with Crippen molar-refractivity contribution >= 4 is 11.7 Å². The lowest BCUT2D eigenvalue weighted by Crippen LogP contribution is -2.41. The molecule has 1 amide bonds. The predicted molar refractivity (Wildman–Crippen MR) is 84.9 cm³/mol. The van der Waals surface area contributed by atoms with Crippen LogP contribution in [0.5, 0.6) is 0 Å². The molecule has 118 valence electrons. The molecule has 0 aliphatic rings. The molecule has 2 N–H and O–H groups in total. The van der Waals surface area contributed by atoms with Gasteiger partial charge in [0.15, 0.2) is 5.82 Å². The second-order valence-corrected chi connectivity index (χ2v) is 5.58. The van der Waals surface area contributed by atoms with Gasteiger partial charge in [-0.3, -0.25) is 9.78 Å². The minimum absolute atomic E-state index is 0.0756. The van der Waals surface area contributed by atoms with Gasteiger partial charge in [-0.05, 0) is 25.8 Å². The SMILES string of the molecule is CNC(=O)C(Nc1cncc(-n2nc(C)cc2C)n1)C(C)C. The van der Waals surface area contributed by atoms with Crippen molar-refractivity contribution in [3.63, 3.8) is 0 Å². The number of carbonyl (C=O) groups is 1. The molecule has 0 fully saturated rings. The number of rotatable bonds is 5. The lowest BCUT2D eigenvalue weighted by molar-refractivity contribution is -0.122. The lowest BCUT2D eigenvalue weighted by atomic mass is 10.0. The molecule has 0 aliphatic heterocycles. The van der Waals surface area contributed by atoms with Crippen LogP contribution in [-0.2, 0) is 4.79 Å².